The maximum atomic E-state index is 11.6. The molecule has 0 aromatic heterocycles. The minimum atomic E-state index is -0.866. The highest BCUT2D eigenvalue weighted by Gasteiger charge is 2.40. The van der Waals surface area contributed by atoms with E-state index in [1.54, 1.807) is 0 Å². The second-order valence-corrected chi connectivity index (χ2v) is 4.15. The third-order valence-electron chi connectivity index (χ3n) is 3.39. The minimum Gasteiger partial charge on any atom is -0.465 e. The largest absolute Gasteiger partial charge is 0.465 e. The number of amides is 1. The Morgan fingerprint density at radius 1 is 1.36 bits per heavy atom. The molecular formula is C10H15NO3. The number of likely N-dealkylation sites (tertiary alicyclic amines) is 1. The van der Waals surface area contributed by atoms with Crippen molar-refractivity contribution in [2.75, 3.05) is 6.54 Å². The molecule has 2 aliphatic rings. The number of hydrogen-bond acceptors (Lipinski definition) is 2. The summed E-state index contributed by atoms with van der Waals surface area (Å²) >= 11 is 0. The van der Waals surface area contributed by atoms with Crippen LogP contribution in [-0.4, -0.2) is 34.5 Å². The molecule has 14 heavy (non-hydrogen) atoms. The molecule has 1 amide bonds. The summed E-state index contributed by atoms with van der Waals surface area (Å²) in [6.07, 6.45) is 3.41. The normalized spacial score (nSPS) is 32.6. The van der Waals surface area contributed by atoms with Crippen LogP contribution in [0.3, 0.4) is 0 Å². The topological polar surface area (TPSA) is 57.6 Å². The van der Waals surface area contributed by atoms with E-state index in [4.69, 9.17) is 5.11 Å². The average molecular weight is 197 g/mol. The fourth-order valence-electron chi connectivity index (χ4n) is 2.68. The van der Waals surface area contributed by atoms with E-state index in [9.17, 15) is 9.59 Å². The first-order chi connectivity index (χ1) is 6.70. The van der Waals surface area contributed by atoms with E-state index in [-0.39, 0.29) is 17.7 Å². The number of hydrogen-bond donors (Lipinski definition) is 1. The summed E-state index contributed by atoms with van der Waals surface area (Å²) in [5.74, 6) is 0.265. The number of fused-ring (bicyclic) bond motifs is 1. The monoisotopic (exact) mass is 197 g/mol. The van der Waals surface area contributed by atoms with Crippen LogP contribution in [0.1, 0.15) is 32.1 Å². The molecule has 1 aliphatic heterocycles. The Bertz CT molecular complexity index is 262. The number of carbonyl (C=O) groups is 2. The van der Waals surface area contributed by atoms with Gasteiger partial charge in [0, 0.05) is 24.9 Å². The SMILES string of the molecule is O=C1CCN(C(=O)O)C2CCCCC12. The van der Waals surface area contributed by atoms with Gasteiger partial charge >= 0.3 is 6.09 Å². The minimum absolute atomic E-state index is 0.00593. The number of piperidine rings is 1. The number of rotatable bonds is 0. The van der Waals surface area contributed by atoms with Crippen molar-refractivity contribution in [1.29, 1.82) is 0 Å². The number of Topliss-reactive ketones (excluding diaryl/α,β-unsaturated/α-hetero) is 1. The lowest BCUT2D eigenvalue weighted by Gasteiger charge is -2.41. The van der Waals surface area contributed by atoms with Gasteiger partial charge in [-0.05, 0) is 12.8 Å². The fraction of sp³-hybridized carbons (Fsp3) is 0.800. The molecule has 4 nitrogen and oxygen atoms in total. The number of carbonyl (C=O) groups excluding carboxylic acids is 1. The Balaban J connectivity index is 2.16. The predicted octanol–water partition coefficient (Wildman–Crippen LogP) is 1.50. The van der Waals surface area contributed by atoms with Gasteiger partial charge in [-0.2, -0.15) is 0 Å². The van der Waals surface area contributed by atoms with Crippen molar-refractivity contribution in [2.45, 2.75) is 38.1 Å². The number of ketones is 1. The van der Waals surface area contributed by atoms with Gasteiger partial charge in [0.25, 0.3) is 0 Å². The quantitative estimate of drug-likeness (QED) is 0.640. The lowest BCUT2D eigenvalue weighted by molar-refractivity contribution is -0.129. The molecule has 0 bridgehead atoms. The highest BCUT2D eigenvalue weighted by atomic mass is 16.4. The summed E-state index contributed by atoms with van der Waals surface area (Å²) in [4.78, 5) is 24.0. The Hall–Kier alpha value is -1.06. The van der Waals surface area contributed by atoms with Crippen molar-refractivity contribution in [3.05, 3.63) is 0 Å². The van der Waals surface area contributed by atoms with Crippen LogP contribution < -0.4 is 0 Å². The van der Waals surface area contributed by atoms with Gasteiger partial charge in [-0.3, -0.25) is 4.79 Å². The van der Waals surface area contributed by atoms with Gasteiger partial charge < -0.3 is 10.0 Å². The lowest BCUT2D eigenvalue weighted by Crippen LogP contribution is -2.52. The summed E-state index contributed by atoms with van der Waals surface area (Å²) in [6, 6.07) is -0.0255. The van der Waals surface area contributed by atoms with Gasteiger partial charge in [-0.1, -0.05) is 12.8 Å². The molecule has 2 rings (SSSR count). The van der Waals surface area contributed by atoms with Crippen LogP contribution in [0, 0.1) is 5.92 Å². The van der Waals surface area contributed by atoms with E-state index in [2.05, 4.69) is 0 Å². The van der Waals surface area contributed by atoms with Crippen molar-refractivity contribution < 1.29 is 14.7 Å². The molecule has 0 aromatic rings. The molecule has 2 atom stereocenters. The summed E-state index contributed by atoms with van der Waals surface area (Å²) in [7, 11) is 0. The second kappa shape index (κ2) is 3.59. The first-order valence-corrected chi connectivity index (χ1v) is 5.22. The van der Waals surface area contributed by atoms with Crippen molar-refractivity contribution >= 4 is 11.9 Å². The van der Waals surface area contributed by atoms with Crippen LogP contribution in [0.2, 0.25) is 0 Å². The average Bonchev–Trinajstić information content (AvgIpc) is 2.18. The van der Waals surface area contributed by atoms with Crippen molar-refractivity contribution in [3.8, 4) is 0 Å². The highest BCUT2D eigenvalue weighted by molar-refractivity contribution is 5.84. The van der Waals surface area contributed by atoms with Gasteiger partial charge in [-0.15, -0.1) is 0 Å². The Kier molecular flexibility index (Phi) is 2.44. The van der Waals surface area contributed by atoms with E-state index in [1.165, 1.54) is 4.90 Å². The fourth-order valence-corrected chi connectivity index (χ4v) is 2.68. The molecule has 1 aliphatic carbocycles. The smallest absolute Gasteiger partial charge is 0.407 e. The second-order valence-electron chi connectivity index (χ2n) is 4.15. The summed E-state index contributed by atoms with van der Waals surface area (Å²) < 4.78 is 0. The first kappa shape index (κ1) is 9.49. The molecule has 78 valence electrons. The predicted molar refractivity (Wildman–Crippen MR) is 50.1 cm³/mol. The van der Waals surface area contributed by atoms with Crippen LogP contribution in [0.5, 0.6) is 0 Å². The Morgan fingerprint density at radius 2 is 2.07 bits per heavy atom. The number of nitrogens with zero attached hydrogens (tertiary/aromatic N) is 1. The zero-order chi connectivity index (χ0) is 10.1. The summed E-state index contributed by atoms with van der Waals surface area (Å²) in [5, 5.41) is 8.98. The molecule has 0 radical (unpaired) electrons. The molecule has 1 saturated carbocycles. The van der Waals surface area contributed by atoms with Crippen molar-refractivity contribution in [1.82, 2.24) is 4.90 Å². The molecule has 0 aromatic carbocycles. The van der Waals surface area contributed by atoms with Gasteiger partial charge in [0.15, 0.2) is 0 Å². The van der Waals surface area contributed by atoms with Crippen LogP contribution in [0.25, 0.3) is 0 Å². The van der Waals surface area contributed by atoms with Gasteiger partial charge in [0.2, 0.25) is 0 Å². The van der Waals surface area contributed by atoms with Crippen molar-refractivity contribution in [3.63, 3.8) is 0 Å². The molecular weight excluding hydrogens is 182 g/mol. The van der Waals surface area contributed by atoms with Crippen LogP contribution in [0.4, 0.5) is 4.79 Å². The van der Waals surface area contributed by atoms with E-state index >= 15 is 0 Å². The summed E-state index contributed by atoms with van der Waals surface area (Å²) in [6.45, 7) is 0.398. The zero-order valence-electron chi connectivity index (χ0n) is 8.11. The van der Waals surface area contributed by atoms with Crippen molar-refractivity contribution in [2.24, 2.45) is 5.92 Å². The summed E-state index contributed by atoms with van der Waals surface area (Å²) in [5.41, 5.74) is 0. The van der Waals surface area contributed by atoms with Gasteiger partial charge in [0.1, 0.15) is 5.78 Å². The van der Waals surface area contributed by atoms with E-state index in [0.717, 1.165) is 25.7 Å². The molecule has 2 unspecified atom stereocenters. The molecule has 1 N–H and O–H groups in total. The van der Waals surface area contributed by atoms with Crippen LogP contribution in [0.15, 0.2) is 0 Å². The number of carboxylic acid groups (broad SMARTS) is 1. The molecule has 4 heteroatoms. The zero-order valence-corrected chi connectivity index (χ0v) is 8.11. The Morgan fingerprint density at radius 3 is 2.79 bits per heavy atom. The van der Waals surface area contributed by atoms with Gasteiger partial charge in [0.05, 0.1) is 0 Å². The van der Waals surface area contributed by atoms with E-state index in [0.29, 0.717) is 13.0 Å². The van der Waals surface area contributed by atoms with Crippen LogP contribution >= 0.6 is 0 Å². The molecule has 1 heterocycles. The molecule has 1 saturated heterocycles. The third-order valence-corrected chi connectivity index (χ3v) is 3.39. The highest BCUT2D eigenvalue weighted by Crippen LogP contribution is 2.33. The lowest BCUT2D eigenvalue weighted by atomic mass is 9.78. The molecule has 2 fully saturated rings. The van der Waals surface area contributed by atoms with E-state index < -0.39 is 6.09 Å². The van der Waals surface area contributed by atoms with Crippen LogP contribution in [-0.2, 0) is 4.79 Å². The maximum absolute atomic E-state index is 11.6. The van der Waals surface area contributed by atoms with E-state index in [1.807, 2.05) is 0 Å². The van der Waals surface area contributed by atoms with Gasteiger partial charge in [-0.25, -0.2) is 4.79 Å². The third kappa shape index (κ3) is 1.49. The Labute approximate surface area is 82.9 Å². The standard InChI is InChI=1S/C10H15NO3/c12-9-5-6-11(10(13)14)8-4-2-1-3-7(8)9/h7-8H,1-6H2,(H,13,14). The first-order valence-electron chi connectivity index (χ1n) is 5.22. The molecule has 0 spiro atoms. The maximum Gasteiger partial charge on any atom is 0.407 e.